The Hall–Kier alpha value is -0.540. The Labute approximate surface area is 181 Å². The van der Waals surface area contributed by atoms with Gasteiger partial charge >= 0.3 is 5.97 Å². The van der Waals surface area contributed by atoms with Crippen LogP contribution in [0.3, 0.4) is 0 Å². The van der Waals surface area contributed by atoms with E-state index in [-0.39, 0.29) is 23.0 Å². The third kappa shape index (κ3) is 17.6. The van der Waals surface area contributed by atoms with Crippen molar-refractivity contribution in [3.63, 3.8) is 0 Å². The van der Waals surface area contributed by atoms with Gasteiger partial charge in [0, 0.05) is 48.1 Å². The largest absolute Gasteiger partial charge is 0.481 e. The number of rotatable bonds is 16. The number of hydrogen-bond donors (Lipinski definition) is 3. The van der Waals surface area contributed by atoms with Crippen molar-refractivity contribution < 1.29 is 19.5 Å². The minimum Gasteiger partial charge on any atom is -0.481 e. The predicted octanol–water partition coefficient (Wildman–Crippen LogP) is 3.94. The van der Waals surface area contributed by atoms with Crippen molar-refractivity contribution in [2.45, 2.75) is 82.0 Å². The number of hydrogen-bond acceptors (Lipinski definition) is 6. The topological polar surface area (TPSA) is 95.5 Å². The highest BCUT2D eigenvalue weighted by Crippen LogP contribution is 2.39. The molecule has 6 nitrogen and oxygen atoms in total. The van der Waals surface area contributed by atoms with E-state index in [4.69, 9.17) is 5.11 Å². The summed E-state index contributed by atoms with van der Waals surface area (Å²) in [5, 5.41) is 15.2. The molecule has 0 aliphatic rings. The molecule has 0 aliphatic carbocycles. The molecule has 2 amide bonds. The number of amides is 2. The maximum absolute atomic E-state index is 11.8. The highest BCUT2D eigenvalue weighted by Gasteiger charge is 2.20. The predicted molar refractivity (Wildman–Crippen MR) is 123 cm³/mol. The molecule has 0 saturated carbocycles. The lowest BCUT2D eigenvalue weighted by Crippen LogP contribution is -2.35. The molecule has 9 heteroatoms. The van der Waals surface area contributed by atoms with E-state index in [1.165, 1.54) is 0 Å². The van der Waals surface area contributed by atoms with E-state index >= 15 is 0 Å². The Morgan fingerprint density at radius 3 is 2.18 bits per heavy atom. The van der Waals surface area contributed by atoms with Gasteiger partial charge < -0.3 is 15.7 Å². The van der Waals surface area contributed by atoms with Crippen LogP contribution in [0.4, 0.5) is 0 Å². The van der Waals surface area contributed by atoms with Gasteiger partial charge in [-0.25, -0.2) is 0 Å². The van der Waals surface area contributed by atoms with Gasteiger partial charge in [-0.3, -0.25) is 14.4 Å². The molecule has 0 spiro atoms. The maximum Gasteiger partial charge on any atom is 0.303 e. The number of carboxylic acids is 1. The van der Waals surface area contributed by atoms with E-state index < -0.39 is 5.97 Å². The van der Waals surface area contributed by atoms with Crippen LogP contribution in [-0.4, -0.2) is 57.0 Å². The highest BCUT2D eigenvalue weighted by atomic mass is 33.1. The molecule has 0 aromatic rings. The van der Waals surface area contributed by atoms with Crippen LogP contribution in [0.15, 0.2) is 0 Å². The van der Waals surface area contributed by atoms with Crippen LogP contribution in [-0.2, 0) is 14.4 Å². The van der Waals surface area contributed by atoms with Gasteiger partial charge in [0.1, 0.15) is 0 Å². The Balaban J connectivity index is 3.67. The zero-order valence-corrected chi connectivity index (χ0v) is 20.2. The van der Waals surface area contributed by atoms with Gasteiger partial charge in [-0.05, 0) is 31.9 Å². The normalized spacial score (nSPS) is 12.6. The Kier molecular flexibility index (Phi) is 15.0. The van der Waals surface area contributed by atoms with Gasteiger partial charge in [0.15, 0.2) is 0 Å². The Bertz CT molecular complexity index is 488. The van der Waals surface area contributed by atoms with Crippen molar-refractivity contribution in [1.29, 1.82) is 0 Å². The second-order valence-corrected chi connectivity index (χ2v) is 12.7. The first-order valence-corrected chi connectivity index (χ1v) is 13.0. The molecule has 0 saturated heterocycles. The molecule has 0 radical (unpaired) electrons. The van der Waals surface area contributed by atoms with Crippen molar-refractivity contribution >= 4 is 51.1 Å². The summed E-state index contributed by atoms with van der Waals surface area (Å²) in [7, 11) is 3.36. The number of nitrogens with one attached hydrogen (secondary N) is 2. The van der Waals surface area contributed by atoms with Gasteiger partial charge in [-0.15, -0.1) is 0 Å². The number of aliphatic carboxylic acids is 1. The average molecular weight is 453 g/mol. The van der Waals surface area contributed by atoms with Crippen LogP contribution in [0.25, 0.3) is 0 Å². The summed E-state index contributed by atoms with van der Waals surface area (Å²) in [4.78, 5) is 34.3. The summed E-state index contributed by atoms with van der Waals surface area (Å²) < 4.78 is -0.0886. The van der Waals surface area contributed by atoms with Crippen molar-refractivity contribution in [2.24, 2.45) is 0 Å². The number of thioether (sulfide) groups is 1. The van der Waals surface area contributed by atoms with Crippen LogP contribution in [0, 0.1) is 0 Å². The fourth-order valence-corrected chi connectivity index (χ4v) is 6.12. The smallest absolute Gasteiger partial charge is 0.303 e. The van der Waals surface area contributed by atoms with E-state index in [0.717, 1.165) is 12.2 Å². The molecule has 1 atom stereocenters. The monoisotopic (exact) mass is 452 g/mol. The Morgan fingerprint density at radius 1 is 1.00 bits per heavy atom. The van der Waals surface area contributed by atoms with Crippen LogP contribution >= 0.6 is 33.3 Å². The van der Waals surface area contributed by atoms with E-state index in [1.54, 1.807) is 33.3 Å². The van der Waals surface area contributed by atoms with Gasteiger partial charge in [0.05, 0.1) is 0 Å². The quantitative estimate of drug-likeness (QED) is 0.241. The minimum absolute atomic E-state index is 0.00582. The number of carbonyl (C=O) groups is 3. The Morgan fingerprint density at radius 2 is 1.61 bits per heavy atom. The summed E-state index contributed by atoms with van der Waals surface area (Å²) in [5.74, 6) is 0.0922. The van der Waals surface area contributed by atoms with E-state index in [0.29, 0.717) is 42.9 Å². The van der Waals surface area contributed by atoms with E-state index in [9.17, 15) is 14.4 Å². The third-order valence-corrected chi connectivity index (χ3v) is 8.21. The lowest BCUT2D eigenvalue weighted by atomic mass is 10.1. The van der Waals surface area contributed by atoms with Crippen molar-refractivity contribution in [3.05, 3.63) is 0 Å². The lowest BCUT2D eigenvalue weighted by molar-refractivity contribution is -0.137. The molecule has 28 heavy (non-hydrogen) atoms. The lowest BCUT2D eigenvalue weighted by Gasteiger charge is -2.22. The molecule has 0 aromatic carbocycles. The molecule has 0 aromatic heterocycles. The van der Waals surface area contributed by atoms with E-state index in [1.807, 2.05) is 13.8 Å². The van der Waals surface area contributed by atoms with Crippen LogP contribution < -0.4 is 10.6 Å². The maximum atomic E-state index is 11.8. The van der Waals surface area contributed by atoms with Gasteiger partial charge in [0.25, 0.3) is 0 Å². The van der Waals surface area contributed by atoms with Gasteiger partial charge in [-0.2, -0.15) is 11.8 Å². The van der Waals surface area contributed by atoms with Gasteiger partial charge in [-0.1, -0.05) is 42.4 Å². The van der Waals surface area contributed by atoms with Crippen LogP contribution in [0.1, 0.15) is 66.7 Å². The van der Waals surface area contributed by atoms with Crippen LogP contribution in [0.2, 0.25) is 0 Å². The first-order valence-electron chi connectivity index (χ1n) is 9.73. The molecular formula is C19H36N2O4S3. The summed E-state index contributed by atoms with van der Waals surface area (Å²) in [5.41, 5.74) is 0. The summed E-state index contributed by atoms with van der Waals surface area (Å²) in [6, 6.07) is 0. The molecule has 0 heterocycles. The first kappa shape index (κ1) is 27.5. The number of carboxylic acid groups (broad SMARTS) is 1. The molecule has 0 rings (SSSR count). The highest BCUT2D eigenvalue weighted by molar-refractivity contribution is 8.77. The van der Waals surface area contributed by atoms with Crippen molar-refractivity contribution in [3.8, 4) is 0 Å². The van der Waals surface area contributed by atoms with Crippen molar-refractivity contribution in [1.82, 2.24) is 10.6 Å². The number of carbonyl (C=O) groups excluding carboxylic acids is 2. The molecule has 3 N–H and O–H groups in total. The first-order chi connectivity index (χ1) is 13.0. The van der Waals surface area contributed by atoms with Crippen molar-refractivity contribution in [2.75, 3.05) is 18.8 Å². The fourth-order valence-electron chi connectivity index (χ4n) is 2.28. The van der Waals surface area contributed by atoms with Crippen LogP contribution in [0.5, 0.6) is 0 Å². The molecule has 0 aliphatic heterocycles. The van der Waals surface area contributed by atoms with E-state index in [2.05, 4.69) is 31.4 Å². The molecule has 0 fully saturated rings. The van der Waals surface area contributed by atoms with Gasteiger partial charge in [0.2, 0.25) is 11.8 Å². The summed E-state index contributed by atoms with van der Waals surface area (Å²) in [6.07, 6.45) is 2.53. The third-order valence-electron chi connectivity index (χ3n) is 3.60. The second kappa shape index (κ2) is 15.3. The zero-order valence-electron chi connectivity index (χ0n) is 17.7. The molecule has 164 valence electrons. The standard InChI is InChI=1S/C19H36N2O4S3/c1-14(2)27-15(3)13-17(23)21-11-10-20-16(22)7-6-12-26-28-19(4,5)9-8-18(24)25/h14-15H,6-13H2,1-5H3,(H,20,22)(H,21,23)(H,24,25). The fraction of sp³-hybridized carbons (Fsp3) is 0.842. The minimum atomic E-state index is -0.768. The second-order valence-electron chi connectivity index (χ2n) is 7.56. The zero-order chi connectivity index (χ0) is 21.6. The summed E-state index contributed by atoms with van der Waals surface area (Å²) >= 11 is 1.78. The summed E-state index contributed by atoms with van der Waals surface area (Å²) in [6.45, 7) is 11.3. The SMILES string of the molecule is CC(C)SC(C)CC(=O)NCCNC(=O)CCCSSC(C)(C)CCC(=O)O. The molecule has 0 bridgehead atoms. The average Bonchev–Trinajstić information content (AvgIpc) is 2.56. The molecule has 1 unspecified atom stereocenters. The molecular weight excluding hydrogens is 416 g/mol.